The number of fused-ring (bicyclic) bond motifs is 1. The predicted octanol–water partition coefficient (Wildman–Crippen LogP) is 2.66. The van der Waals surface area contributed by atoms with Crippen LogP contribution in [0.15, 0.2) is 0 Å². The maximum absolute atomic E-state index is 13.8. The van der Waals surface area contributed by atoms with Gasteiger partial charge in [0.15, 0.2) is 0 Å². The first-order chi connectivity index (χ1) is 13.6. The third-order valence-electron chi connectivity index (χ3n) is 6.68. The molecule has 156 valence electrons. The Bertz CT molecular complexity index is 908. The fourth-order valence-electron chi connectivity index (χ4n) is 4.71. The number of aliphatic carboxylic acids is 1. The maximum Gasteiger partial charge on any atom is 0.303 e. The second kappa shape index (κ2) is 6.67. The third kappa shape index (κ3) is 3.09. The monoisotopic (exact) mass is 426 g/mol. The number of rotatable bonds is 5. The Morgan fingerprint density at radius 2 is 2.03 bits per heavy atom. The van der Waals surface area contributed by atoms with Crippen LogP contribution in [0.5, 0.6) is 0 Å². The van der Waals surface area contributed by atoms with Crippen molar-refractivity contribution in [3.05, 3.63) is 16.1 Å². The molecule has 10 heteroatoms. The number of hydrogen-bond donors (Lipinski definition) is 2. The Labute approximate surface area is 171 Å². The van der Waals surface area contributed by atoms with Gasteiger partial charge in [0.2, 0.25) is 0 Å². The highest BCUT2D eigenvalue weighted by atomic mass is 35.5. The summed E-state index contributed by atoms with van der Waals surface area (Å²) in [6.07, 6.45) is -2.85. The van der Waals surface area contributed by atoms with Crippen LogP contribution in [0, 0.1) is 29.1 Å². The zero-order valence-corrected chi connectivity index (χ0v) is 16.7. The van der Waals surface area contributed by atoms with Crippen molar-refractivity contribution in [2.75, 3.05) is 29.4 Å². The van der Waals surface area contributed by atoms with E-state index in [4.69, 9.17) is 16.7 Å². The molecule has 1 aromatic rings. The summed E-state index contributed by atoms with van der Waals surface area (Å²) in [6.45, 7) is 4.55. The van der Waals surface area contributed by atoms with Gasteiger partial charge in [0.1, 0.15) is 23.3 Å². The first-order valence-electron chi connectivity index (χ1n) is 9.44. The van der Waals surface area contributed by atoms with Crippen LogP contribution in [0.25, 0.3) is 0 Å². The molecular formula is C19H21ClF2N4O3. The lowest BCUT2D eigenvalue weighted by Gasteiger charge is -2.52. The third-order valence-corrected chi connectivity index (χ3v) is 7.05. The highest BCUT2D eigenvalue weighted by Crippen LogP contribution is 2.55. The van der Waals surface area contributed by atoms with E-state index in [1.54, 1.807) is 23.6 Å². The summed E-state index contributed by atoms with van der Waals surface area (Å²) in [4.78, 5) is 18.8. The Balaban J connectivity index is 1.69. The summed E-state index contributed by atoms with van der Waals surface area (Å²) in [7, 11) is 0. The first-order valence-corrected chi connectivity index (χ1v) is 9.82. The Morgan fingerprint density at radius 1 is 1.41 bits per heavy atom. The molecule has 0 bridgehead atoms. The molecule has 0 amide bonds. The van der Waals surface area contributed by atoms with E-state index >= 15 is 0 Å². The van der Waals surface area contributed by atoms with Crippen molar-refractivity contribution in [2.24, 2.45) is 17.8 Å². The van der Waals surface area contributed by atoms with E-state index in [-0.39, 0.29) is 52.9 Å². The number of alkyl halides is 2. The number of aliphatic hydroxyl groups is 1. The van der Waals surface area contributed by atoms with Gasteiger partial charge in [-0.15, -0.1) is 0 Å². The molecule has 0 unspecified atom stereocenters. The summed E-state index contributed by atoms with van der Waals surface area (Å²) in [6, 6.07) is 1.42. The fourth-order valence-corrected chi connectivity index (χ4v) is 5.05. The number of β-amino-alcohol motifs (C(OH)–C–C–N with tert-alkyl or cyclic N) is 1. The second-order valence-electron chi connectivity index (χ2n) is 8.43. The predicted molar refractivity (Wildman–Crippen MR) is 101 cm³/mol. The quantitative estimate of drug-likeness (QED) is 0.746. The van der Waals surface area contributed by atoms with E-state index in [2.05, 4.69) is 4.98 Å². The van der Waals surface area contributed by atoms with Crippen molar-refractivity contribution in [2.45, 2.75) is 38.3 Å². The van der Waals surface area contributed by atoms with Gasteiger partial charge in [0.25, 0.3) is 6.43 Å². The summed E-state index contributed by atoms with van der Waals surface area (Å²) < 4.78 is 27.7. The zero-order valence-electron chi connectivity index (χ0n) is 15.9. The molecular weight excluding hydrogens is 406 g/mol. The lowest BCUT2D eigenvalue weighted by atomic mass is 9.86. The van der Waals surface area contributed by atoms with Gasteiger partial charge in [-0.25, -0.2) is 13.8 Å². The highest BCUT2D eigenvalue weighted by Gasteiger charge is 2.57. The van der Waals surface area contributed by atoms with Crippen LogP contribution in [0.4, 0.5) is 20.4 Å². The van der Waals surface area contributed by atoms with Gasteiger partial charge in [0.05, 0.1) is 28.8 Å². The van der Waals surface area contributed by atoms with Crippen LogP contribution < -0.4 is 9.80 Å². The Morgan fingerprint density at radius 3 is 2.48 bits per heavy atom. The fraction of sp³-hybridized carbons (Fsp3) is 0.632. The minimum atomic E-state index is -2.95. The molecule has 5 atom stereocenters. The highest BCUT2D eigenvalue weighted by molar-refractivity contribution is 6.34. The van der Waals surface area contributed by atoms with Crippen LogP contribution >= 0.6 is 11.6 Å². The number of carbonyl (C=O) groups is 1. The maximum atomic E-state index is 13.8. The van der Waals surface area contributed by atoms with E-state index < -0.39 is 29.6 Å². The van der Waals surface area contributed by atoms with Crippen LogP contribution in [0.2, 0.25) is 5.02 Å². The van der Waals surface area contributed by atoms with Crippen molar-refractivity contribution in [1.29, 1.82) is 5.26 Å². The van der Waals surface area contributed by atoms with Crippen LogP contribution in [-0.4, -0.2) is 52.4 Å². The van der Waals surface area contributed by atoms with Crippen molar-refractivity contribution in [1.82, 2.24) is 4.98 Å². The molecule has 7 nitrogen and oxygen atoms in total. The van der Waals surface area contributed by atoms with Gasteiger partial charge in [-0.05, 0) is 31.6 Å². The molecule has 2 N–H and O–H groups in total. The van der Waals surface area contributed by atoms with E-state index in [0.717, 1.165) is 0 Å². The molecule has 2 saturated heterocycles. The lowest BCUT2D eigenvalue weighted by Crippen LogP contribution is -2.67. The van der Waals surface area contributed by atoms with Gasteiger partial charge in [-0.2, -0.15) is 5.26 Å². The SMILES string of the molecule is C[C@@H]1N(c2nc(N3C[C@@H]4[C@@H](CC(=O)O)[C@@H]4C3)c(Cl)c(C(F)F)c2C#N)C[C@@]1(C)O. The second-order valence-corrected chi connectivity index (χ2v) is 8.81. The molecule has 3 heterocycles. The van der Waals surface area contributed by atoms with E-state index in [1.165, 1.54) is 0 Å². The summed E-state index contributed by atoms with van der Waals surface area (Å²) in [5.41, 5.74) is -1.82. The normalized spacial score (nSPS) is 32.8. The number of piperidine rings is 1. The number of hydrogen-bond acceptors (Lipinski definition) is 6. The topological polar surface area (TPSA) is 101 Å². The first kappa shape index (κ1) is 20.1. The molecule has 1 saturated carbocycles. The summed E-state index contributed by atoms with van der Waals surface area (Å²) >= 11 is 6.28. The van der Waals surface area contributed by atoms with Gasteiger partial charge in [0, 0.05) is 19.5 Å². The molecule has 0 radical (unpaired) electrons. The minimum Gasteiger partial charge on any atom is -0.481 e. The van der Waals surface area contributed by atoms with Crippen molar-refractivity contribution in [3.63, 3.8) is 0 Å². The summed E-state index contributed by atoms with van der Waals surface area (Å²) in [5.74, 6) is -0.0876. The molecule has 1 aliphatic carbocycles. The van der Waals surface area contributed by atoms with E-state index in [0.29, 0.717) is 13.1 Å². The molecule has 0 spiro atoms. The number of nitriles is 1. The largest absolute Gasteiger partial charge is 0.481 e. The molecule has 1 aromatic heterocycles. The van der Waals surface area contributed by atoms with Crippen LogP contribution in [-0.2, 0) is 4.79 Å². The smallest absolute Gasteiger partial charge is 0.303 e. The van der Waals surface area contributed by atoms with Gasteiger partial charge in [-0.3, -0.25) is 4.79 Å². The van der Waals surface area contributed by atoms with E-state index in [9.17, 15) is 23.9 Å². The van der Waals surface area contributed by atoms with Crippen molar-refractivity contribution < 1.29 is 23.8 Å². The average Bonchev–Trinajstić information content (AvgIpc) is 3.07. The number of aromatic nitrogens is 1. The zero-order chi connectivity index (χ0) is 21.2. The Hall–Kier alpha value is -2.18. The van der Waals surface area contributed by atoms with Crippen LogP contribution in [0.1, 0.15) is 37.8 Å². The standard InChI is InChI=1S/C19H21ClF2N4O3/c1-8-19(2,29)7-26(8)17-10(4-23)14(16(21)22)15(20)18(24-17)25-5-11-9(3-13(27)28)12(11)6-25/h8-9,11-12,16,29H,3,5-7H2,1-2H3,(H,27,28)/t8-,9-,11-,12+,19+/m0/s1. The molecule has 29 heavy (non-hydrogen) atoms. The Kier molecular flexibility index (Phi) is 4.63. The number of nitrogens with zero attached hydrogens (tertiary/aromatic N) is 4. The minimum absolute atomic E-state index is 0.0976. The lowest BCUT2D eigenvalue weighted by molar-refractivity contribution is -0.137. The molecule has 3 fully saturated rings. The number of halogens is 3. The molecule has 2 aliphatic heterocycles. The average molecular weight is 427 g/mol. The number of pyridine rings is 1. The molecule has 0 aromatic carbocycles. The number of carboxylic acids is 1. The molecule has 3 aliphatic rings. The van der Waals surface area contributed by atoms with Gasteiger partial charge in [-0.1, -0.05) is 11.6 Å². The van der Waals surface area contributed by atoms with Crippen molar-refractivity contribution >= 4 is 29.2 Å². The van der Waals surface area contributed by atoms with Gasteiger partial charge >= 0.3 is 5.97 Å². The van der Waals surface area contributed by atoms with E-state index in [1.807, 2.05) is 6.07 Å². The molecule has 4 rings (SSSR count). The van der Waals surface area contributed by atoms with Gasteiger partial charge < -0.3 is 20.0 Å². The van der Waals surface area contributed by atoms with Crippen LogP contribution in [0.3, 0.4) is 0 Å². The summed E-state index contributed by atoms with van der Waals surface area (Å²) in [5, 5.41) is 28.5. The number of carboxylic acid groups (broad SMARTS) is 1. The van der Waals surface area contributed by atoms with Crippen molar-refractivity contribution in [3.8, 4) is 6.07 Å². The number of anilines is 2.